The molecule has 2 amide bonds. The van der Waals surface area contributed by atoms with Gasteiger partial charge in [0.1, 0.15) is 0 Å². The van der Waals surface area contributed by atoms with Crippen LogP contribution in [0.4, 0.5) is 0 Å². The zero-order valence-corrected chi connectivity index (χ0v) is 17.7. The van der Waals surface area contributed by atoms with E-state index in [1.165, 1.54) is 12.5 Å². The van der Waals surface area contributed by atoms with Crippen molar-refractivity contribution in [3.8, 4) is 0 Å². The van der Waals surface area contributed by atoms with Crippen molar-refractivity contribution in [1.29, 1.82) is 0 Å². The number of hydrogen-bond acceptors (Lipinski definition) is 3. The number of aromatic nitrogens is 2. The van der Waals surface area contributed by atoms with Crippen LogP contribution in [0.5, 0.6) is 0 Å². The van der Waals surface area contributed by atoms with E-state index in [2.05, 4.69) is 31.7 Å². The van der Waals surface area contributed by atoms with Crippen molar-refractivity contribution in [2.24, 2.45) is 0 Å². The van der Waals surface area contributed by atoms with Gasteiger partial charge in [-0.25, -0.2) is 0 Å². The predicted octanol–water partition coefficient (Wildman–Crippen LogP) is 3.58. The fraction of sp³-hybridized carbons (Fsp3) is 0.227. The summed E-state index contributed by atoms with van der Waals surface area (Å²) in [5.41, 5.74) is 2.97. The molecule has 0 saturated carbocycles. The first-order valence-corrected chi connectivity index (χ1v) is 10.1. The molecule has 1 atom stereocenters. The Balaban J connectivity index is 1.55. The number of halogens is 1. The minimum absolute atomic E-state index is 0.137. The highest BCUT2D eigenvalue weighted by molar-refractivity contribution is 9.10. The van der Waals surface area contributed by atoms with E-state index in [9.17, 15) is 9.59 Å². The molecule has 0 spiro atoms. The van der Waals surface area contributed by atoms with Crippen LogP contribution in [0.2, 0.25) is 0 Å². The number of carbonyl (C=O) groups excluding carboxylic acids is 2. The summed E-state index contributed by atoms with van der Waals surface area (Å²) < 4.78 is 2.79. The summed E-state index contributed by atoms with van der Waals surface area (Å²) in [7, 11) is 0. The molecule has 29 heavy (non-hydrogen) atoms. The first-order valence-electron chi connectivity index (χ1n) is 9.34. The van der Waals surface area contributed by atoms with Gasteiger partial charge >= 0.3 is 0 Å². The lowest BCUT2D eigenvalue weighted by Crippen LogP contribution is -2.32. The number of nitrogens with zero attached hydrogens (tertiary/aromatic N) is 2. The van der Waals surface area contributed by atoms with Crippen molar-refractivity contribution in [3.63, 3.8) is 0 Å². The summed E-state index contributed by atoms with van der Waals surface area (Å²) in [4.78, 5) is 24.0. The fourth-order valence-corrected chi connectivity index (χ4v) is 3.27. The lowest BCUT2D eigenvalue weighted by atomic mass is 10.0. The van der Waals surface area contributed by atoms with Gasteiger partial charge in [0.05, 0.1) is 25.2 Å². The largest absolute Gasteiger partial charge is 0.352 e. The fourth-order valence-electron chi connectivity index (χ4n) is 3.01. The summed E-state index contributed by atoms with van der Waals surface area (Å²) in [6.07, 6.45) is 3.84. The average Bonchev–Trinajstić information content (AvgIpc) is 3.14. The molecular formula is C22H23BrN4O2. The Labute approximate surface area is 178 Å². The highest BCUT2D eigenvalue weighted by Gasteiger charge is 2.17. The molecule has 0 radical (unpaired) electrons. The molecule has 3 aromatic rings. The minimum Gasteiger partial charge on any atom is -0.352 e. The molecular weight excluding hydrogens is 432 g/mol. The normalized spacial score (nSPS) is 11.7. The molecule has 0 fully saturated rings. The number of rotatable bonds is 8. The topological polar surface area (TPSA) is 76.0 Å². The molecule has 2 aromatic carbocycles. The summed E-state index contributed by atoms with van der Waals surface area (Å²) in [6, 6.07) is 17.3. The molecule has 150 valence electrons. The molecule has 6 nitrogen and oxygen atoms in total. The molecule has 0 aliphatic rings. The van der Waals surface area contributed by atoms with Gasteiger partial charge in [0.2, 0.25) is 11.8 Å². The van der Waals surface area contributed by atoms with E-state index in [0.29, 0.717) is 13.1 Å². The lowest BCUT2D eigenvalue weighted by molar-refractivity contribution is -0.122. The van der Waals surface area contributed by atoms with Crippen molar-refractivity contribution >= 4 is 27.7 Å². The number of nitrogens with one attached hydrogen (secondary N) is 2. The molecule has 3 rings (SSSR count). The highest BCUT2D eigenvalue weighted by Crippen LogP contribution is 2.20. The van der Waals surface area contributed by atoms with Crippen LogP contribution in [-0.4, -0.2) is 21.6 Å². The maximum absolute atomic E-state index is 12.4. The van der Waals surface area contributed by atoms with Gasteiger partial charge in [0, 0.05) is 29.7 Å². The maximum atomic E-state index is 12.4. The van der Waals surface area contributed by atoms with Crippen LogP contribution in [0.25, 0.3) is 0 Å². The van der Waals surface area contributed by atoms with Crippen LogP contribution < -0.4 is 10.6 Å². The Hall–Kier alpha value is -2.93. The van der Waals surface area contributed by atoms with E-state index in [0.717, 1.165) is 15.6 Å². The minimum atomic E-state index is -0.374. The Morgan fingerprint density at radius 2 is 1.79 bits per heavy atom. The Bertz CT molecular complexity index is 954. The van der Waals surface area contributed by atoms with Crippen molar-refractivity contribution in [2.75, 3.05) is 0 Å². The average molecular weight is 455 g/mol. The highest BCUT2D eigenvalue weighted by atomic mass is 79.9. The summed E-state index contributed by atoms with van der Waals surface area (Å²) in [5.74, 6) is -0.310. The zero-order chi connectivity index (χ0) is 20.6. The van der Waals surface area contributed by atoms with Gasteiger partial charge in [-0.2, -0.15) is 5.10 Å². The van der Waals surface area contributed by atoms with Gasteiger partial charge in [-0.1, -0.05) is 58.4 Å². The molecule has 7 heteroatoms. The predicted molar refractivity (Wildman–Crippen MR) is 115 cm³/mol. The van der Waals surface area contributed by atoms with Gasteiger partial charge in [-0.3, -0.25) is 14.3 Å². The van der Waals surface area contributed by atoms with Crippen LogP contribution in [0.1, 0.15) is 36.1 Å². The van der Waals surface area contributed by atoms with Crippen molar-refractivity contribution in [1.82, 2.24) is 20.4 Å². The summed E-state index contributed by atoms with van der Waals surface area (Å²) in [5, 5.41) is 10.1. The second-order valence-corrected chi connectivity index (χ2v) is 7.73. The van der Waals surface area contributed by atoms with Gasteiger partial charge in [0.25, 0.3) is 0 Å². The molecule has 0 bridgehead atoms. The van der Waals surface area contributed by atoms with Gasteiger partial charge in [0.15, 0.2) is 0 Å². The Kier molecular flexibility index (Phi) is 7.19. The van der Waals surface area contributed by atoms with E-state index in [-0.39, 0.29) is 24.3 Å². The van der Waals surface area contributed by atoms with Crippen molar-refractivity contribution in [2.45, 2.75) is 32.5 Å². The van der Waals surface area contributed by atoms with Crippen LogP contribution in [0, 0.1) is 0 Å². The molecule has 1 aromatic heterocycles. The SMILES string of the molecule is CC(=O)NC(CC(=O)NCc1cnn(Cc2ccccc2)c1)c1ccc(Br)cc1. The van der Waals surface area contributed by atoms with E-state index in [4.69, 9.17) is 0 Å². The third kappa shape index (κ3) is 6.57. The maximum Gasteiger partial charge on any atom is 0.222 e. The molecule has 0 aliphatic carbocycles. The van der Waals surface area contributed by atoms with Crippen LogP contribution >= 0.6 is 15.9 Å². The monoisotopic (exact) mass is 454 g/mol. The number of amides is 2. The molecule has 1 heterocycles. The Morgan fingerprint density at radius 1 is 1.07 bits per heavy atom. The number of hydrogen-bond donors (Lipinski definition) is 2. The van der Waals surface area contributed by atoms with E-state index in [1.54, 1.807) is 6.20 Å². The first kappa shape index (κ1) is 20.8. The molecule has 1 unspecified atom stereocenters. The van der Waals surface area contributed by atoms with Crippen LogP contribution in [-0.2, 0) is 22.7 Å². The quantitative estimate of drug-likeness (QED) is 0.545. The summed E-state index contributed by atoms with van der Waals surface area (Å²) >= 11 is 3.40. The molecule has 0 saturated heterocycles. The zero-order valence-electron chi connectivity index (χ0n) is 16.1. The van der Waals surface area contributed by atoms with E-state index < -0.39 is 0 Å². The Morgan fingerprint density at radius 3 is 2.48 bits per heavy atom. The summed E-state index contributed by atoms with van der Waals surface area (Å²) in [6.45, 7) is 2.52. The van der Waals surface area contributed by atoms with Crippen LogP contribution in [0.3, 0.4) is 0 Å². The van der Waals surface area contributed by atoms with E-state index in [1.807, 2.05) is 65.5 Å². The standard InChI is InChI=1S/C22H23BrN4O2/c1-16(28)26-21(19-7-9-20(23)10-8-19)11-22(29)24-12-18-13-25-27(15-18)14-17-5-3-2-4-6-17/h2-10,13,15,21H,11-12,14H2,1H3,(H,24,29)(H,26,28). The lowest BCUT2D eigenvalue weighted by Gasteiger charge is -2.18. The second kappa shape index (κ2) is 10.0. The van der Waals surface area contributed by atoms with Gasteiger partial charge in [-0.05, 0) is 23.3 Å². The third-order valence-electron chi connectivity index (χ3n) is 4.40. The van der Waals surface area contributed by atoms with Crippen molar-refractivity contribution < 1.29 is 9.59 Å². The number of carbonyl (C=O) groups is 2. The third-order valence-corrected chi connectivity index (χ3v) is 4.93. The molecule has 2 N–H and O–H groups in total. The second-order valence-electron chi connectivity index (χ2n) is 6.82. The van der Waals surface area contributed by atoms with E-state index >= 15 is 0 Å². The molecule has 0 aliphatic heterocycles. The number of benzene rings is 2. The van der Waals surface area contributed by atoms with Crippen molar-refractivity contribution in [3.05, 3.63) is 88.2 Å². The smallest absolute Gasteiger partial charge is 0.222 e. The van der Waals surface area contributed by atoms with Crippen LogP contribution in [0.15, 0.2) is 71.5 Å². The van der Waals surface area contributed by atoms with Gasteiger partial charge in [-0.15, -0.1) is 0 Å². The first-order chi connectivity index (χ1) is 14.0. The van der Waals surface area contributed by atoms with Gasteiger partial charge < -0.3 is 10.6 Å².